The summed E-state index contributed by atoms with van der Waals surface area (Å²) in [5.74, 6) is 0.842. The van der Waals surface area contributed by atoms with Crippen LogP contribution < -0.4 is 10.1 Å². The van der Waals surface area contributed by atoms with Gasteiger partial charge in [0, 0.05) is 25.4 Å². The maximum absolute atomic E-state index is 12.0. The first-order valence-corrected chi connectivity index (χ1v) is 8.50. The molecule has 132 valence electrons. The number of carbonyl (C=O) groups is 1. The third-order valence-corrected chi connectivity index (χ3v) is 4.04. The van der Waals surface area contributed by atoms with Gasteiger partial charge in [-0.05, 0) is 47.9 Å². The van der Waals surface area contributed by atoms with E-state index < -0.39 is 0 Å². The molecule has 2 aromatic heterocycles. The van der Waals surface area contributed by atoms with Crippen LogP contribution in [0.4, 0.5) is 0 Å². The van der Waals surface area contributed by atoms with Crippen molar-refractivity contribution in [2.75, 3.05) is 7.11 Å². The molecule has 3 aromatic rings. The minimum atomic E-state index is 0.0228. The van der Waals surface area contributed by atoms with Crippen LogP contribution in [0.1, 0.15) is 17.5 Å². The molecule has 0 radical (unpaired) electrons. The molecule has 0 unspecified atom stereocenters. The average molecular weight is 347 g/mol. The van der Waals surface area contributed by atoms with Gasteiger partial charge in [0.05, 0.1) is 18.5 Å². The van der Waals surface area contributed by atoms with E-state index in [1.54, 1.807) is 19.5 Å². The summed E-state index contributed by atoms with van der Waals surface area (Å²) in [7, 11) is 1.64. The Morgan fingerprint density at radius 3 is 2.38 bits per heavy atom. The highest BCUT2D eigenvalue weighted by Crippen LogP contribution is 2.14. The van der Waals surface area contributed by atoms with Crippen molar-refractivity contribution < 1.29 is 9.53 Å². The largest absolute Gasteiger partial charge is 0.497 e. The van der Waals surface area contributed by atoms with Gasteiger partial charge in [0.15, 0.2) is 0 Å². The lowest BCUT2D eigenvalue weighted by atomic mass is 10.1. The lowest BCUT2D eigenvalue weighted by Gasteiger charge is -2.07. The first-order chi connectivity index (χ1) is 12.7. The SMILES string of the molecule is COc1ccc(CCC(=O)NCc2ccc(-c3ccccn3)nc2)cc1. The number of benzene rings is 1. The zero-order valence-corrected chi connectivity index (χ0v) is 14.7. The minimum Gasteiger partial charge on any atom is -0.497 e. The molecule has 5 nitrogen and oxygen atoms in total. The Kier molecular flexibility index (Phi) is 5.93. The predicted molar refractivity (Wildman–Crippen MR) is 101 cm³/mol. The number of carbonyl (C=O) groups excluding carboxylic acids is 1. The molecule has 2 heterocycles. The number of nitrogens with zero attached hydrogens (tertiary/aromatic N) is 2. The van der Waals surface area contributed by atoms with Gasteiger partial charge in [0.25, 0.3) is 0 Å². The van der Waals surface area contributed by atoms with Gasteiger partial charge in [-0.25, -0.2) is 0 Å². The fraction of sp³-hybridized carbons (Fsp3) is 0.190. The maximum atomic E-state index is 12.0. The highest BCUT2D eigenvalue weighted by molar-refractivity contribution is 5.76. The number of amides is 1. The summed E-state index contributed by atoms with van der Waals surface area (Å²) in [4.78, 5) is 20.7. The number of rotatable bonds is 7. The molecular weight excluding hydrogens is 326 g/mol. The predicted octanol–water partition coefficient (Wildman–Crippen LogP) is 3.40. The van der Waals surface area contributed by atoms with Crippen molar-refractivity contribution in [1.29, 1.82) is 0 Å². The lowest BCUT2D eigenvalue weighted by Crippen LogP contribution is -2.23. The van der Waals surface area contributed by atoms with E-state index in [2.05, 4.69) is 15.3 Å². The molecule has 5 heteroatoms. The first kappa shape index (κ1) is 17.6. The van der Waals surface area contributed by atoms with Gasteiger partial charge in [0.2, 0.25) is 5.91 Å². The minimum absolute atomic E-state index is 0.0228. The zero-order valence-electron chi connectivity index (χ0n) is 14.7. The fourth-order valence-corrected chi connectivity index (χ4v) is 2.53. The third-order valence-electron chi connectivity index (χ3n) is 4.04. The van der Waals surface area contributed by atoms with Crippen molar-refractivity contribution in [2.45, 2.75) is 19.4 Å². The van der Waals surface area contributed by atoms with Crippen molar-refractivity contribution >= 4 is 5.91 Å². The quantitative estimate of drug-likeness (QED) is 0.711. The Balaban J connectivity index is 1.46. The Morgan fingerprint density at radius 2 is 1.73 bits per heavy atom. The highest BCUT2D eigenvalue weighted by Gasteiger charge is 2.04. The van der Waals surface area contributed by atoms with Crippen molar-refractivity contribution in [1.82, 2.24) is 15.3 Å². The van der Waals surface area contributed by atoms with E-state index in [0.717, 1.165) is 28.3 Å². The van der Waals surface area contributed by atoms with Crippen LogP contribution in [-0.4, -0.2) is 23.0 Å². The summed E-state index contributed by atoms with van der Waals surface area (Å²) in [6, 6.07) is 17.4. The second kappa shape index (κ2) is 8.76. The normalized spacial score (nSPS) is 10.3. The van der Waals surface area contributed by atoms with Gasteiger partial charge in [-0.2, -0.15) is 0 Å². The molecule has 3 rings (SSSR count). The molecule has 0 saturated heterocycles. The summed E-state index contributed by atoms with van der Waals surface area (Å²) < 4.78 is 5.13. The topological polar surface area (TPSA) is 64.1 Å². The van der Waals surface area contributed by atoms with Crippen LogP contribution in [0, 0.1) is 0 Å². The number of aromatic nitrogens is 2. The standard InChI is InChI=1S/C21H21N3O2/c1-26-18-9-5-16(6-10-18)8-12-21(25)24-15-17-7-11-20(23-14-17)19-4-2-3-13-22-19/h2-7,9-11,13-14H,8,12,15H2,1H3,(H,24,25). The van der Waals surface area contributed by atoms with E-state index in [-0.39, 0.29) is 5.91 Å². The van der Waals surface area contributed by atoms with Crippen LogP contribution in [0.15, 0.2) is 67.0 Å². The molecule has 0 aliphatic carbocycles. The van der Waals surface area contributed by atoms with Crippen molar-refractivity contribution in [3.8, 4) is 17.1 Å². The van der Waals surface area contributed by atoms with Crippen molar-refractivity contribution in [2.24, 2.45) is 0 Å². The number of methoxy groups -OCH3 is 1. The van der Waals surface area contributed by atoms with Crippen LogP contribution in [-0.2, 0) is 17.8 Å². The monoisotopic (exact) mass is 347 g/mol. The maximum Gasteiger partial charge on any atom is 0.220 e. The van der Waals surface area contributed by atoms with E-state index >= 15 is 0 Å². The summed E-state index contributed by atoms with van der Waals surface area (Å²) in [5.41, 5.74) is 3.73. The number of pyridine rings is 2. The smallest absolute Gasteiger partial charge is 0.220 e. The Morgan fingerprint density at radius 1 is 0.962 bits per heavy atom. The molecule has 0 aliphatic heterocycles. The summed E-state index contributed by atoms with van der Waals surface area (Å²) in [5, 5.41) is 2.93. The number of hydrogen-bond donors (Lipinski definition) is 1. The molecule has 1 aromatic carbocycles. The fourth-order valence-electron chi connectivity index (χ4n) is 2.53. The Bertz CT molecular complexity index is 831. The van der Waals surface area contributed by atoms with Crippen LogP contribution >= 0.6 is 0 Å². The van der Waals surface area contributed by atoms with Gasteiger partial charge in [-0.15, -0.1) is 0 Å². The molecule has 1 N–H and O–H groups in total. The Hall–Kier alpha value is -3.21. The van der Waals surface area contributed by atoms with Crippen LogP contribution in [0.3, 0.4) is 0 Å². The van der Waals surface area contributed by atoms with E-state index in [9.17, 15) is 4.79 Å². The van der Waals surface area contributed by atoms with Crippen LogP contribution in [0.2, 0.25) is 0 Å². The molecule has 0 atom stereocenters. The van der Waals surface area contributed by atoms with E-state index in [4.69, 9.17) is 4.74 Å². The second-order valence-corrected chi connectivity index (χ2v) is 5.89. The van der Waals surface area contributed by atoms with Crippen molar-refractivity contribution in [3.63, 3.8) is 0 Å². The van der Waals surface area contributed by atoms with Gasteiger partial charge < -0.3 is 10.1 Å². The van der Waals surface area contributed by atoms with Crippen molar-refractivity contribution in [3.05, 3.63) is 78.1 Å². The molecule has 0 fully saturated rings. The van der Waals surface area contributed by atoms with Crippen LogP contribution in [0.5, 0.6) is 5.75 Å². The first-order valence-electron chi connectivity index (χ1n) is 8.50. The van der Waals surface area contributed by atoms with E-state index in [1.165, 1.54) is 0 Å². The van der Waals surface area contributed by atoms with Crippen LogP contribution in [0.25, 0.3) is 11.4 Å². The highest BCUT2D eigenvalue weighted by atomic mass is 16.5. The summed E-state index contributed by atoms with van der Waals surface area (Å²) in [6.07, 6.45) is 4.67. The number of hydrogen-bond acceptors (Lipinski definition) is 4. The van der Waals surface area contributed by atoms with E-state index in [1.807, 2.05) is 54.6 Å². The average Bonchev–Trinajstić information content (AvgIpc) is 2.72. The molecule has 1 amide bonds. The molecule has 26 heavy (non-hydrogen) atoms. The summed E-state index contributed by atoms with van der Waals surface area (Å²) >= 11 is 0. The zero-order chi connectivity index (χ0) is 18.2. The van der Waals surface area contributed by atoms with E-state index in [0.29, 0.717) is 19.4 Å². The third kappa shape index (κ3) is 4.89. The molecule has 0 spiro atoms. The number of aryl methyl sites for hydroxylation is 1. The number of ether oxygens (including phenoxy) is 1. The molecule has 0 aliphatic rings. The van der Waals surface area contributed by atoms with Gasteiger partial charge >= 0.3 is 0 Å². The number of nitrogens with one attached hydrogen (secondary N) is 1. The lowest BCUT2D eigenvalue weighted by molar-refractivity contribution is -0.121. The Labute approximate surface area is 153 Å². The molecular formula is C21H21N3O2. The second-order valence-electron chi connectivity index (χ2n) is 5.89. The molecule has 0 bridgehead atoms. The molecule has 0 saturated carbocycles. The van der Waals surface area contributed by atoms with Gasteiger partial charge in [0.1, 0.15) is 5.75 Å². The van der Waals surface area contributed by atoms with Gasteiger partial charge in [-0.3, -0.25) is 14.8 Å². The summed E-state index contributed by atoms with van der Waals surface area (Å²) in [6.45, 7) is 0.469. The van der Waals surface area contributed by atoms with Gasteiger partial charge in [-0.1, -0.05) is 24.3 Å².